The van der Waals surface area contributed by atoms with Gasteiger partial charge >= 0.3 is 6.18 Å². The maximum atomic E-state index is 12.3. The van der Waals surface area contributed by atoms with Crippen molar-refractivity contribution in [3.63, 3.8) is 0 Å². The lowest BCUT2D eigenvalue weighted by Gasteiger charge is -2.37. The van der Waals surface area contributed by atoms with E-state index in [0.717, 1.165) is 25.7 Å². The van der Waals surface area contributed by atoms with Crippen LogP contribution >= 0.6 is 0 Å². The SMILES string of the molecule is CC1(N)CCCCC1C(=O)Nc1ccc(OCC(F)(F)F)nc1. The van der Waals surface area contributed by atoms with Gasteiger partial charge in [0.05, 0.1) is 17.8 Å². The first-order valence-corrected chi connectivity index (χ1v) is 7.43. The molecule has 0 aliphatic heterocycles. The predicted molar refractivity (Wildman–Crippen MR) is 79.0 cm³/mol. The molecular weight excluding hydrogens is 311 g/mol. The van der Waals surface area contributed by atoms with Crippen LogP contribution in [0.5, 0.6) is 5.88 Å². The lowest BCUT2D eigenvalue weighted by Crippen LogP contribution is -2.51. The Balaban J connectivity index is 1.94. The van der Waals surface area contributed by atoms with Crippen LogP contribution in [0, 0.1) is 5.92 Å². The van der Waals surface area contributed by atoms with E-state index in [1.165, 1.54) is 18.3 Å². The number of halogens is 3. The smallest absolute Gasteiger partial charge is 0.422 e. The van der Waals surface area contributed by atoms with Gasteiger partial charge in [-0.05, 0) is 25.8 Å². The second-order valence-corrected chi connectivity index (χ2v) is 6.08. The maximum Gasteiger partial charge on any atom is 0.422 e. The number of alkyl halides is 3. The monoisotopic (exact) mass is 331 g/mol. The molecule has 23 heavy (non-hydrogen) atoms. The molecule has 0 saturated heterocycles. The molecule has 1 aromatic rings. The Kier molecular flexibility index (Phi) is 5.13. The summed E-state index contributed by atoms with van der Waals surface area (Å²) in [4.78, 5) is 16.1. The number of anilines is 1. The van der Waals surface area contributed by atoms with Gasteiger partial charge in [-0.3, -0.25) is 4.79 Å². The summed E-state index contributed by atoms with van der Waals surface area (Å²) in [5.41, 5.74) is 6.03. The van der Waals surface area contributed by atoms with Crippen molar-refractivity contribution in [2.75, 3.05) is 11.9 Å². The highest BCUT2D eigenvalue weighted by molar-refractivity contribution is 5.93. The van der Waals surface area contributed by atoms with Crippen molar-refractivity contribution in [1.82, 2.24) is 4.98 Å². The first-order valence-electron chi connectivity index (χ1n) is 7.43. The van der Waals surface area contributed by atoms with Gasteiger partial charge < -0.3 is 15.8 Å². The number of aromatic nitrogens is 1. The highest BCUT2D eigenvalue weighted by atomic mass is 19.4. The zero-order chi connectivity index (χ0) is 17.1. The Morgan fingerprint density at radius 2 is 2.22 bits per heavy atom. The number of nitrogens with one attached hydrogen (secondary N) is 1. The van der Waals surface area contributed by atoms with Gasteiger partial charge in [-0.1, -0.05) is 12.8 Å². The van der Waals surface area contributed by atoms with Crippen molar-refractivity contribution in [2.24, 2.45) is 11.7 Å². The summed E-state index contributed by atoms with van der Waals surface area (Å²) in [5, 5.41) is 2.71. The number of amides is 1. The Morgan fingerprint density at radius 3 is 2.78 bits per heavy atom. The largest absolute Gasteiger partial charge is 0.468 e. The number of pyridine rings is 1. The molecule has 1 saturated carbocycles. The summed E-state index contributed by atoms with van der Waals surface area (Å²) in [6, 6.07) is 2.73. The van der Waals surface area contributed by atoms with Crippen molar-refractivity contribution >= 4 is 11.6 Å². The molecule has 128 valence electrons. The van der Waals surface area contributed by atoms with Crippen LogP contribution in [0.25, 0.3) is 0 Å². The molecule has 1 aromatic heterocycles. The number of carbonyl (C=O) groups excluding carboxylic acids is 1. The van der Waals surface area contributed by atoms with Gasteiger partial charge in [0, 0.05) is 11.6 Å². The molecule has 1 aliphatic rings. The van der Waals surface area contributed by atoms with Gasteiger partial charge in [0.25, 0.3) is 0 Å². The molecule has 0 spiro atoms. The van der Waals surface area contributed by atoms with Crippen LogP contribution in [0.1, 0.15) is 32.6 Å². The van der Waals surface area contributed by atoms with Crippen LogP contribution in [0.3, 0.4) is 0 Å². The molecule has 1 heterocycles. The zero-order valence-corrected chi connectivity index (χ0v) is 12.8. The van der Waals surface area contributed by atoms with E-state index in [2.05, 4.69) is 15.0 Å². The number of nitrogens with zero attached hydrogens (tertiary/aromatic N) is 1. The van der Waals surface area contributed by atoms with E-state index in [4.69, 9.17) is 5.73 Å². The molecule has 0 radical (unpaired) electrons. The van der Waals surface area contributed by atoms with Crippen molar-refractivity contribution < 1.29 is 22.7 Å². The quantitative estimate of drug-likeness (QED) is 0.889. The summed E-state index contributed by atoms with van der Waals surface area (Å²) in [6.07, 6.45) is 0.310. The van der Waals surface area contributed by atoms with Crippen molar-refractivity contribution in [3.8, 4) is 5.88 Å². The molecular formula is C15H20F3N3O2. The van der Waals surface area contributed by atoms with Crippen LogP contribution in [-0.2, 0) is 4.79 Å². The molecule has 0 aromatic carbocycles. The Labute approximate surface area is 132 Å². The lowest BCUT2D eigenvalue weighted by molar-refractivity contribution is -0.154. The summed E-state index contributed by atoms with van der Waals surface area (Å²) < 4.78 is 40.7. The number of hydrogen-bond donors (Lipinski definition) is 2. The van der Waals surface area contributed by atoms with Crippen molar-refractivity contribution in [3.05, 3.63) is 18.3 Å². The third-order valence-corrected chi connectivity index (χ3v) is 3.96. The number of nitrogens with two attached hydrogens (primary N) is 1. The predicted octanol–water partition coefficient (Wildman–Crippen LogP) is 2.87. The number of carbonyl (C=O) groups is 1. The fourth-order valence-corrected chi connectivity index (χ4v) is 2.71. The summed E-state index contributed by atoms with van der Waals surface area (Å²) in [5.74, 6) is -0.639. The van der Waals surface area contributed by atoms with Crippen LogP contribution in [0.2, 0.25) is 0 Å². The molecule has 2 rings (SSSR count). The first kappa shape index (κ1) is 17.5. The van der Waals surface area contributed by atoms with E-state index in [-0.39, 0.29) is 17.7 Å². The van der Waals surface area contributed by atoms with Gasteiger partial charge in [0.1, 0.15) is 0 Å². The third kappa shape index (κ3) is 5.09. The lowest BCUT2D eigenvalue weighted by atomic mass is 9.74. The van der Waals surface area contributed by atoms with Crippen LogP contribution in [-0.4, -0.2) is 29.2 Å². The molecule has 2 atom stereocenters. The fraction of sp³-hybridized carbons (Fsp3) is 0.600. The van der Waals surface area contributed by atoms with E-state index in [1.807, 2.05) is 6.92 Å². The molecule has 1 aliphatic carbocycles. The second-order valence-electron chi connectivity index (χ2n) is 6.08. The summed E-state index contributed by atoms with van der Waals surface area (Å²) >= 11 is 0. The maximum absolute atomic E-state index is 12.3. The van der Waals surface area contributed by atoms with Crippen LogP contribution in [0.15, 0.2) is 18.3 Å². The zero-order valence-electron chi connectivity index (χ0n) is 12.8. The minimum Gasteiger partial charge on any atom is -0.468 e. The molecule has 5 nitrogen and oxygen atoms in total. The van der Waals surface area contributed by atoms with Crippen molar-refractivity contribution in [1.29, 1.82) is 0 Å². The summed E-state index contributed by atoms with van der Waals surface area (Å²) in [6.45, 7) is 0.460. The van der Waals surface area contributed by atoms with Gasteiger partial charge in [-0.2, -0.15) is 13.2 Å². The second kappa shape index (κ2) is 6.74. The molecule has 1 fully saturated rings. The van der Waals surface area contributed by atoms with E-state index >= 15 is 0 Å². The Hall–Kier alpha value is -1.83. The minimum absolute atomic E-state index is 0.151. The fourth-order valence-electron chi connectivity index (χ4n) is 2.71. The molecule has 0 bridgehead atoms. The summed E-state index contributed by atoms with van der Waals surface area (Å²) in [7, 11) is 0. The van der Waals surface area contributed by atoms with E-state index in [1.54, 1.807) is 0 Å². The average Bonchev–Trinajstić information content (AvgIpc) is 2.45. The standard InChI is InChI=1S/C15H20F3N3O2/c1-14(19)7-3-2-4-11(14)13(22)21-10-5-6-12(20-8-10)23-9-15(16,17)18/h5-6,8,11H,2-4,7,9,19H2,1H3,(H,21,22). The van der Waals surface area contributed by atoms with Crippen LogP contribution in [0.4, 0.5) is 18.9 Å². The number of hydrogen-bond acceptors (Lipinski definition) is 4. The topological polar surface area (TPSA) is 77.2 Å². The molecule has 8 heteroatoms. The highest BCUT2D eigenvalue weighted by Gasteiger charge is 2.37. The van der Waals surface area contributed by atoms with Gasteiger partial charge in [0.15, 0.2) is 6.61 Å². The number of rotatable bonds is 4. The van der Waals surface area contributed by atoms with Gasteiger partial charge in [-0.15, -0.1) is 0 Å². The first-order chi connectivity index (χ1) is 10.7. The van der Waals surface area contributed by atoms with Gasteiger partial charge in [0.2, 0.25) is 11.8 Å². The highest BCUT2D eigenvalue weighted by Crippen LogP contribution is 2.32. The Bertz CT molecular complexity index is 544. The molecule has 3 N–H and O–H groups in total. The number of ether oxygens (including phenoxy) is 1. The van der Waals surface area contributed by atoms with Crippen LogP contribution < -0.4 is 15.8 Å². The van der Waals surface area contributed by atoms with E-state index in [9.17, 15) is 18.0 Å². The molecule has 2 unspecified atom stereocenters. The average molecular weight is 331 g/mol. The Morgan fingerprint density at radius 1 is 1.48 bits per heavy atom. The normalized spacial score (nSPS) is 25.0. The van der Waals surface area contributed by atoms with E-state index in [0.29, 0.717) is 5.69 Å². The van der Waals surface area contributed by atoms with E-state index < -0.39 is 18.3 Å². The van der Waals surface area contributed by atoms with Gasteiger partial charge in [-0.25, -0.2) is 4.98 Å². The minimum atomic E-state index is -4.42. The van der Waals surface area contributed by atoms with Crippen molar-refractivity contribution in [2.45, 2.75) is 44.3 Å². The molecule has 1 amide bonds. The third-order valence-electron chi connectivity index (χ3n) is 3.96.